The molecule has 0 heterocycles. The normalized spacial score (nSPS) is 41.6. The average Bonchev–Trinajstić information content (AvgIpc) is 3.05. The second-order valence-corrected chi connectivity index (χ2v) is 12.8. The zero-order valence-corrected chi connectivity index (χ0v) is 21.2. The summed E-state index contributed by atoms with van der Waals surface area (Å²) in [5.74, 6) is 5.19. The van der Waals surface area contributed by atoms with Gasteiger partial charge in [0.25, 0.3) is 0 Å². The fourth-order valence-corrected chi connectivity index (χ4v) is 8.99. The molecule has 0 aliphatic heterocycles. The van der Waals surface area contributed by atoms with Gasteiger partial charge in [0.1, 0.15) is 6.10 Å². The monoisotopic (exact) mass is 436 g/mol. The van der Waals surface area contributed by atoms with Crippen LogP contribution in [0.3, 0.4) is 0 Å². The summed E-state index contributed by atoms with van der Waals surface area (Å²) < 4.78 is 5.61. The first kappa shape index (κ1) is 26.4. The van der Waals surface area contributed by atoms with E-state index in [0.717, 1.165) is 48.3 Å². The van der Waals surface area contributed by atoms with E-state index in [-0.39, 0.29) is 30.9 Å². The molecule has 8 atom stereocenters. The van der Waals surface area contributed by atoms with Crippen LogP contribution in [0.25, 0.3) is 0 Å². The summed E-state index contributed by atoms with van der Waals surface area (Å²) in [5, 5.41) is 0. The van der Waals surface area contributed by atoms with Crippen LogP contribution in [-0.4, -0.2) is 30.9 Å². The maximum atomic E-state index is 11.5. The Morgan fingerprint density at radius 1 is 1.06 bits per heavy atom. The first-order chi connectivity index (χ1) is 14.6. The number of rotatable bonds is 6. The van der Waals surface area contributed by atoms with Gasteiger partial charge in [0.05, 0.1) is 0 Å². The van der Waals surface area contributed by atoms with Gasteiger partial charge in [-0.2, -0.15) is 0 Å². The third-order valence-corrected chi connectivity index (χ3v) is 10.6. The van der Waals surface area contributed by atoms with E-state index in [1.807, 2.05) is 0 Å². The van der Waals surface area contributed by atoms with Crippen molar-refractivity contribution < 1.29 is 9.53 Å². The summed E-state index contributed by atoms with van der Waals surface area (Å²) in [6.45, 7) is 14.1. The fraction of sp³-hybridized carbons (Fsp3) is 0.897. The number of hydrogen-bond donors (Lipinski definition) is 0. The quantitative estimate of drug-likeness (QED) is 0.248. The SMILES string of the molecule is CC(=O)O[C@H]1CC[C@@]2(C)C(=CC[C@H]3[C@@H]4CC[C@H]([C@H](C)CCCC(C)C)[C@@]4(C)CC[C@@H]32)C1.[LiH]. The molecule has 0 aromatic carbocycles. The Labute approximate surface area is 210 Å². The molecule has 2 nitrogen and oxygen atoms in total. The van der Waals surface area contributed by atoms with E-state index in [2.05, 4.69) is 40.7 Å². The van der Waals surface area contributed by atoms with Crippen molar-refractivity contribution in [3.8, 4) is 0 Å². The summed E-state index contributed by atoms with van der Waals surface area (Å²) >= 11 is 0. The van der Waals surface area contributed by atoms with Gasteiger partial charge in [0.15, 0.2) is 0 Å². The number of ether oxygens (including phenoxy) is 1. The molecule has 0 spiro atoms. The van der Waals surface area contributed by atoms with Crippen LogP contribution in [0.4, 0.5) is 0 Å². The van der Waals surface area contributed by atoms with Crippen LogP contribution < -0.4 is 0 Å². The summed E-state index contributed by atoms with van der Waals surface area (Å²) in [5.41, 5.74) is 2.53. The van der Waals surface area contributed by atoms with Gasteiger partial charge in [0.2, 0.25) is 0 Å². The van der Waals surface area contributed by atoms with Crippen molar-refractivity contribution in [2.24, 2.45) is 46.3 Å². The van der Waals surface area contributed by atoms with Gasteiger partial charge in [-0.25, -0.2) is 0 Å². The van der Waals surface area contributed by atoms with Crippen LogP contribution in [-0.2, 0) is 9.53 Å². The molecular weight excluding hydrogens is 387 g/mol. The molecule has 0 aromatic rings. The predicted octanol–water partition coefficient (Wildman–Crippen LogP) is 7.31. The van der Waals surface area contributed by atoms with E-state index < -0.39 is 0 Å². The first-order valence-electron chi connectivity index (χ1n) is 13.5. The summed E-state index contributed by atoms with van der Waals surface area (Å²) in [6, 6.07) is 0. The summed E-state index contributed by atoms with van der Waals surface area (Å²) in [6.07, 6.45) is 17.2. The number of esters is 1. The Balaban J connectivity index is 0.00000289. The molecule has 4 aliphatic rings. The minimum absolute atomic E-state index is 0. The maximum absolute atomic E-state index is 11.5. The molecule has 0 saturated heterocycles. The second kappa shape index (κ2) is 10.2. The van der Waals surface area contributed by atoms with Crippen molar-refractivity contribution in [3.63, 3.8) is 0 Å². The van der Waals surface area contributed by atoms with E-state index in [1.165, 1.54) is 57.8 Å². The molecule has 32 heavy (non-hydrogen) atoms. The number of carbonyl (C=O) groups is 1. The zero-order valence-electron chi connectivity index (χ0n) is 21.2. The second-order valence-electron chi connectivity index (χ2n) is 12.8. The van der Waals surface area contributed by atoms with Gasteiger partial charge in [-0.1, -0.05) is 65.5 Å². The van der Waals surface area contributed by atoms with Gasteiger partial charge < -0.3 is 4.74 Å². The van der Waals surface area contributed by atoms with Gasteiger partial charge in [-0.15, -0.1) is 0 Å². The predicted molar refractivity (Wildman–Crippen MR) is 136 cm³/mol. The number of allylic oxidation sites excluding steroid dienone is 1. The summed E-state index contributed by atoms with van der Waals surface area (Å²) in [4.78, 5) is 11.5. The molecule has 4 rings (SSSR count). The molecular formula is C29H49LiO2. The summed E-state index contributed by atoms with van der Waals surface area (Å²) in [7, 11) is 0. The molecule has 0 N–H and O–H groups in total. The topological polar surface area (TPSA) is 26.3 Å². The molecule has 3 saturated carbocycles. The molecule has 0 unspecified atom stereocenters. The average molecular weight is 437 g/mol. The van der Waals surface area contributed by atoms with Crippen molar-refractivity contribution in [1.82, 2.24) is 0 Å². The van der Waals surface area contributed by atoms with E-state index in [0.29, 0.717) is 10.8 Å². The molecule has 4 aliphatic carbocycles. The Morgan fingerprint density at radius 2 is 1.81 bits per heavy atom. The minimum atomic E-state index is -0.115. The zero-order chi connectivity index (χ0) is 22.4. The van der Waals surface area contributed by atoms with Crippen molar-refractivity contribution in [2.75, 3.05) is 0 Å². The van der Waals surface area contributed by atoms with E-state index >= 15 is 0 Å². The van der Waals surface area contributed by atoms with Gasteiger partial charge in [-0.3, -0.25) is 4.79 Å². The number of hydrogen-bond acceptors (Lipinski definition) is 2. The van der Waals surface area contributed by atoms with Crippen LogP contribution in [0, 0.1) is 46.3 Å². The van der Waals surface area contributed by atoms with Crippen LogP contribution >= 0.6 is 0 Å². The van der Waals surface area contributed by atoms with E-state index in [4.69, 9.17) is 4.74 Å². The van der Waals surface area contributed by atoms with Crippen LogP contribution in [0.1, 0.15) is 112 Å². The molecule has 0 radical (unpaired) electrons. The van der Waals surface area contributed by atoms with Crippen molar-refractivity contribution in [2.45, 2.75) is 118 Å². The number of carbonyl (C=O) groups excluding carboxylic acids is 1. The van der Waals surface area contributed by atoms with Crippen molar-refractivity contribution >= 4 is 24.8 Å². The van der Waals surface area contributed by atoms with E-state index in [1.54, 1.807) is 12.5 Å². The molecule has 178 valence electrons. The van der Waals surface area contributed by atoms with Crippen LogP contribution in [0.15, 0.2) is 11.6 Å². The Bertz CT molecular complexity index is 699. The van der Waals surface area contributed by atoms with Gasteiger partial charge in [-0.05, 0) is 91.3 Å². The molecule has 0 amide bonds. The Morgan fingerprint density at radius 3 is 2.50 bits per heavy atom. The first-order valence-corrected chi connectivity index (χ1v) is 13.5. The number of fused-ring (bicyclic) bond motifs is 5. The molecule has 0 bridgehead atoms. The third kappa shape index (κ3) is 4.80. The standard InChI is InChI=1S/C29H48O2.Li.H/c1-19(2)8-7-9-20(3)25-12-13-26-24-11-10-22-18-23(31-21(4)30)14-16-28(22,5)27(24)15-17-29(25,26)6;;/h10,19-20,23-27H,7-9,11-18H2,1-6H3;;/t20-,23+,24+,25-,26+,27+,28+,29-;;/m1../s1. The van der Waals surface area contributed by atoms with Crippen LogP contribution in [0.5, 0.6) is 0 Å². The Hall–Kier alpha value is -0.193. The molecule has 3 heteroatoms. The van der Waals surface area contributed by atoms with Crippen molar-refractivity contribution in [1.29, 1.82) is 0 Å². The van der Waals surface area contributed by atoms with Crippen LogP contribution in [0.2, 0.25) is 0 Å². The van der Waals surface area contributed by atoms with Gasteiger partial charge in [0, 0.05) is 13.3 Å². The van der Waals surface area contributed by atoms with Gasteiger partial charge >= 0.3 is 24.8 Å². The molecule has 0 aromatic heterocycles. The van der Waals surface area contributed by atoms with E-state index in [9.17, 15) is 4.79 Å². The Kier molecular flexibility index (Phi) is 8.42. The third-order valence-electron chi connectivity index (χ3n) is 10.6. The fourth-order valence-electron chi connectivity index (χ4n) is 8.99. The molecule has 3 fully saturated rings. The van der Waals surface area contributed by atoms with Crippen molar-refractivity contribution in [3.05, 3.63) is 11.6 Å².